The Morgan fingerprint density at radius 1 is 0.885 bits per heavy atom. The third kappa shape index (κ3) is 4.31. The van der Waals surface area contributed by atoms with E-state index in [4.69, 9.17) is 34.8 Å². The zero-order valence-electron chi connectivity index (χ0n) is 12.3. The van der Waals surface area contributed by atoms with Crippen LogP contribution >= 0.6 is 34.8 Å². The quantitative estimate of drug-likeness (QED) is 0.394. The van der Waals surface area contributed by atoms with Gasteiger partial charge in [0.05, 0.1) is 31.0 Å². The van der Waals surface area contributed by atoms with Crippen molar-refractivity contribution < 1.29 is 18.3 Å². The van der Waals surface area contributed by atoms with Gasteiger partial charge in [-0.3, -0.25) is 20.2 Å². The lowest BCUT2D eigenvalue weighted by molar-refractivity contribution is -0.393. The van der Waals surface area contributed by atoms with Crippen LogP contribution in [0, 0.1) is 20.2 Å². The van der Waals surface area contributed by atoms with Gasteiger partial charge in [0.2, 0.25) is 0 Å². The number of nitrogens with zero attached hydrogens (tertiary/aromatic N) is 2. The lowest BCUT2D eigenvalue weighted by Crippen LogP contribution is -2.30. The van der Waals surface area contributed by atoms with Gasteiger partial charge in [-0.25, -0.2) is 8.42 Å². The third-order valence-corrected chi connectivity index (χ3v) is 5.41. The molecule has 2 N–H and O–H groups in total. The minimum Gasteiger partial charge on any atom is -0.302 e. The van der Waals surface area contributed by atoms with Crippen LogP contribution in [0.3, 0.4) is 0 Å². The van der Waals surface area contributed by atoms with Gasteiger partial charge >= 0.3 is 5.69 Å². The van der Waals surface area contributed by atoms with Gasteiger partial charge in [-0.15, -0.1) is 4.83 Å². The summed E-state index contributed by atoms with van der Waals surface area (Å²) >= 11 is 17.3. The summed E-state index contributed by atoms with van der Waals surface area (Å²) in [7, 11) is -4.29. The predicted molar refractivity (Wildman–Crippen MR) is 95.2 cm³/mol. The van der Waals surface area contributed by atoms with Crippen molar-refractivity contribution in [3.8, 4) is 0 Å². The molecule has 0 saturated heterocycles. The molecule has 2 rings (SSSR count). The van der Waals surface area contributed by atoms with E-state index in [0.29, 0.717) is 6.07 Å². The zero-order chi connectivity index (χ0) is 19.6. The van der Waals surface area contributed by atoms with Gasteiger partial charge in [0.1, 0.15) is 10.6 Å². The Kier molecular flexibility index (Phi) is 5.88. The van der Waals surface area contributed by atoms with Crippen LogP contribution in [0.1, 0.15) is 0 Å². The standard InChI is InChI=1S/C12H7Cl3N4O6S/c13-7-4-9(15)12(5-8(7)14)26(24,25)17-16-10-2-1-6(18(20)21)3-11(10)19(22)23/h1-5,16-17H. The normalized spacial score (nSPS) is 11.2. The number of nitro benzene ring substituents is 2. The average Bonchev–Trinajstić information content (AvgIpc) is 2.55. The van der Waals surface area contributed by atoms with Crippen molar-refractivity contribution in [1.29, 1.82) is 0 Å². The van der Waals surface area contributed by atoms with E-state index in [1.165, 1.54) is 0 Å². The lowest BCUT2D eigenvalue weighted by Gasteiger charge is -2.11. The molecule has 0 aliphatic rings. The molecule has 0 aliphatic carbocycles. The van der Waals surface area contributed by atoms with Crippen LogP contribution in [0.25, 0.3) is 0 Å². The predicted octanol–water partition coefficient (Wildman–Crippen LogP) is 3.77. The highest BCUT2D eigenvalue weighted by molar-refractivity contribution is 7.89. The van der Waals surface area contributed by atoms with E-state index < -0.39 is 36.1 Å². The van der Waals surface area contributed by atoms with Gasteiger partial charge < -0.3 is 5.43 Å². The molecule has 26 heavy (non-hydrogen) atoms. The number of rotatable bonds is 6. The van der Waals surface area contributed by atoms with Crippen molar-refractivity contribution >= 4 is 61.9 Å². The van der Waals surface area contributed by atoms with Crippen LogP contribution in [0.15, 0.2) is 35.2 Å². The fourth-order valence-corrected chi connectivity index (χ4v) is 3.64. The molecule has 0 spiro atoms. The Morgan fingerprint density at radius 2 is 1.50 bits per heavy atom. The molecule has 2 aromatic rings. The molecule has 2 aromatic carbocycles. The number of non-ortho nitro benzene ring substituents is 1. The summed E-state index contributed by atoms with van der Waals surface area (Å²) in [6.45, 7) is 0. The van der Waals surface area contributed by atoms with E-state index >= 15 is 0 Å². The summed E-state index contributed by atoms with van der Waals surface area (Å²) in [5.74, 6) is 0. The number of anilines is 1. The fourth-order valence-electron chi connectivity index (χ4n) is 1.78. The Balaban J connectivity index is 2.35. The molecule has 0 unspecified atom stereocenters. The second-order valence-corrected chi connectivity index (χ2v) is 7.52. The van der Waals surface area contributed by atoms with Gasteiger partial charge in [-0.1, -0.05) is 34.8 Å². The number of nitrogens with one attached hydrogen (secondary N) is 2. The first-order valence-electron chi connectivity index (χ1n) is 6.38. The Bertz CT molecular complexity index is 1010. The number of hydrazine groups is 1. The molecule has 0 saturated carbocycles. The zero-order valence-corrected chi connectivity index (χ0v) is 15.4. The van der Waals surface area contributed by atoms with E-state index in [9.17, 15) is 28.6 Å². The summed E-state index contributed by atoms with van der Waals surface area (Å²) in [4.78, 5) is 21.5. The Morgan fingerprint density at radius 3 is 2.08 bits per heavy atom. The van der Waals surface area contributed by atoms with Crippen LogP contribution in [0.2, 0.25) is 15.1 Å². The molecule has 10 nitrogen and oxygen atoms in total. The second-order valence-electron chi connectivity index (χ2n) is 4.64. The van der Waals surface area contributed by atoms with Gasteiger partial charge in [0.25, 0.3) is 15.7 Å². The molecule has 0 fully saturated rings. The first-order valence-corrected chi connectivity index (χ1v) is 9.00. The van der Waals surface area contributed by atoms with Gasteiger partial charge in [0, 0.05) is 6.07 Å². The smallest absolute Gasteiger partial charge is 0.300 e. The molecule has 0 heterocycles. The third-order valence-electron chi connectivity index (χ3n) is 2.97. The number of benzene rings is 2. The maximum atomic E-state index is 12.3. The van der Waals surface area contributed by atoms with Crippen molar-refractivity contribution in [2.75, 3.05) is 5.43 Å². The van der Waals surface area contributed by atoms with Crippen LogP contribution in [0.5, 0.6) is 0 Å². The van der Waals surface area contributed by atoms with Crippen molar-refractivity contribution in [3.05, 3.63) is 65.6 Å². The molecule has 0 aliphatic heterocycles. The van der Waals surface area contributed by atoms with Crippen LogP contribution < -0.4 is 10.3 Å². The van der Waals surface area contributed by atoms with E-state index in [2.05, 4.69) is 5.43 Å². The molecule has 0 bridgehead atoms. The first-order chi connectivity index (χ1) is 12.0. The Hall–Kier alpha value is -2.18. The maximum Gasteiger partial charge on any atom is 0.300 e. The summed E-state index contributed by atoms with van der Waals surface area (Å²) in [6.07, 6.45) is 0. The second kappa shape index (κ2) is 7.60. The average molecular weight is 442 g/mol. The van der Waals surface area contributed by atoms with Crippen molar-refractivity contribution in [2.45, 2.75) is 4.90 Å². The molecule has 14 heteroatoms. The largest absolute Gasteiger partial charge is 0.302 e. The molecule has 138 valence electrons. The number of sulfonamides is 1. The molecular weight excluding hydrogens is 435 g/mol. The van der Waals surface area contributed by atoms with Crippen LogP contribution in [-0.2, 0) is 10.0 Å². The van der Waals surface area contributed by atoms with Crippen molar-refractivity contribution in [1.82, 2.24) is 4.83 Å². The minimum absolute atomic E-state index is 0.0367. The van der Waals surface area contributed by atoms with Gasteiger partial charge in [0.15, 0.2) is 0 Å². The number of hydrogen-bond acceptors (Lipinski definition) is 7. The van der Waals surface area contributed by atoms with E-state index in [1.54, 1.807) is 0 Å². The fraction of sp³-hybridized carbons (Fsp3) is 0. The van der Waals surface area contributed by atoms with Gasteiger partial charge in [-0.05, 0) is 18.2 Å². The highest BCUT2D eigenvalue weighted by Gasteiger charge is 2.23. The van der Waals surface area contributed by atoms with Crippen LogP contribution in [-0.4, -0.2) is 18.3 Å². The van der Waals surface area contributed by atoms with Crippen molar-refractivity contribution in [2.24, 2.45) is 0 Å². The number of halogens is 3. The Labute approximate surface area is 161 Å². The highest BCUT2D eigenvalue weighted by Crippen LogP contribution is 2.32. The summed E-state index contributed by atoms with van der Waals surface area (Å²) < 4.78 is 24.6. The molecule has 0 radical (unpaired) electrons. The highest BCUT2D eigenvalue weighted by atomic mass is 35.5. The van der Waals surface area contributed by atoms with E-state index in [-0.39, 0.29) is 20.8 Å². The monoisotopic (exact) mass is 440 g/mol. The molecular formula is C12H7Cl3N4O6S. The van der Waals surface area contributed by atoms with E-state index in [1.807, 2.05) is 4.83 Å². The van der Waals surface area contributed by atoms with Crippen LogP contribution in [0.4, 0.5) is 17.1 Å². The SMILES string of the molecule is O=[N+]([O-])c1ccc(NNS(=O)(=O)c2cc(Cl)c(Cl)cc2Cl)c([N+](=O)[O-])c1. The topological polar surface area (TPSA) is 144 Å². The van der Waals surface area contributed by atoms with Gasteiger partial charge in [-0.2, -0.15) is 0 Å². The first kappa shape index (κ1) is 20.1. The summed E-state index contributed by atoms with van der Waals surface area (Å²) in [6, 6.07) is 4.75. The lowest BCUT2D eigenvalue weighted by atomic mass is 10.2. The summed E-state index contributed by atoms with van der Waals surface area (Å²) in [5.41, 5.74) is 0.568. The number of nitro groups is 2. The summed E-state index contributed by atoms with van der Waals surface area (Å²) in [5, 5.41) is 21.5. The number of hydrogen-bond donors (Lipinski definition) is 2. The van der Waals surface area contributed by atoms with E-state index in [0.717, 1.165) is 24.3 Å². The molecule has 0 aromatic heterocycles. The van der Waals surface area contributed by atoms with Crippen molar-refractivity contribution in [3.63, 3.8) is 0 Å². The maximum absolute atomic E-state index is 12.3. The molecule has 0 amide bonds. The molecule has 0 atom stereocenters. The minimum atomic E-state index is -4.29.